The van der Waals surface area contributed by atoms with Crippen LogP contribution in [0.25, 0.3) is 0 Å². The van der Waals surface area contributed by atoms with E-state index in [1.807, 2.05) is 25.1 Å². The first-order chi connectivity index (χ1) is 11.0. The van der Waals surface area contributed by atoms with E-state index in [2.05, 4.69) is 0 Å². The maximum absolute atomic E-state index is 12.4. The van der Waals surface area contributed by atoms with Gasteiger partial charge in [-0.3, -0.25) is 4.79 Å². The van der Waals surface area contributed by atoms with Crippen LogP contribution >= 0.6 is 0 Å². The normalized spacial score (nSPS) is 28.7. The minimum absolute atomic E-state index is 0.0928. The van der Waals surface area contributed by atoms with Gasteiger partial charge in [-0.15, -0.1) is 0 Å². The summed E-state index contributed by atoms with van der Waals surface area (Å²) in [6.07, 6.45) is 1.19. The van der Waals surface area contributed by atoms with E-state index in [4.69, 9.17) is 4.74 Å². The van der Waals surface area contributed by atoms with Crippen LogP contribution < -0.4 is 4.74 Å². The summed E-state index contributed by atoms with van der Waals surface area (Å²) in [5, 5.41) is 20.8. The number of ether oxygens (including phenoxy) is 1. The first-order valence-electron chi connectivity index (χ1n) is 8.26. The van der Waals surface area contributed by atoms with Crippen molar-refractivity contribution >= 4 is 5.78 Å². The van der Waals surface area contributed by atoms with Gasteiger partial charge in [-0.05, 0) is 42.0 Å². The maximum Gasteiger partial charge on any atom is 0.158 e. The molecule has 4 atom stereocenters. The first kappa shape index (κ1) is 16.2. The van der Waals surface area contributed by atoms with Crippen molar-refractivity contribution in [2.45, 2.75) is 44.8 Å². The predicted molar refractivity (Wildman–Crippen MR) is 87.1 cm³/mol. The number of rotatable bonds is 4. The number of carbonyl (C=O) groups is 1. The second kappa shape index (κ2) is 6.46. The van der Waals surface area contributed by atoms with Gasteiger partial charge < -0.3 is 14.9 Å². The van der Waals surface area contributed by atoms with Crippen molar-refractivity contribution in [1.29, 1.82) is 0 Å². The van der Waals surface area contributed by atoms with Crippen LogP contribution in [0.4, 0.5) is 0 Å². The van der Waals surface area contributed by atoms with Gasteiger partial charge in [0, 0.05) is 18.8 Å². The highest BCUT2D eigenvalue weighted by Gasteiger charge is 2.41. The molecule has 4 heteroatoms. The second-order valence-electron chi connectivity index (χ2n) is 6.74. The third-order valence-electron chi connectivity index (χ3n) is 5.27. The van der Waals surface area contributed by atoms with Crippen LogP contribution in [0.15, 0.2) is 35.4 Å². The molecule has 0 radical (unpaired) electrons. The van der Waals surface area contributed by atoms with Crippen LogP contribution in [0.1, 0.15) is 44.3 Å². The van der Waals surface area contributed by atoms with E-state index in [0.717, 1.165) is 29.6 Å². The topological polar surface area (TPSA) is 66.8 Å². The van der Waals surface area contributed by atoms with Gasteiger partial charge in [0.05, 0.1) is 19.3 Å². The summed E-state index contributed by atoms with van der Waals surface area (Å²) >= 11 is 0. The van der Waals surface area contributed by atoms with E-state index >= 15 is 0 Å². The zero-order valence-corrected chi connectivity index (χ0v) is 13.7. The van der Waals surface area contributed by atoms with Crippen molar-refractivity contribution in [3.05, 3.63) is 41.0 Å². The third-order valence-corrected chi connectivity index (χ3v) is 5.27. The molecule has 0 aromatic heterocycles. The molecule has 2 aliphatic rings. The Hall–Kier alpha value is -1.65. The van der Waals surface area contributed by atoms with Gasteiger partial charge in [0.25, 0.3) is 0 Å². The highest BCUT2D eigenvalue weighted by atomic mass is 16.5. The molecule has 0 aliphatic heterocycles. The summed E-state index contributed by atoms with van der Waals surface area (Å²) in [6.45, 7) is 2.02. The molecule has 23 heavy (non-hydrogen) atoms. The van der Waals surface area contributed by atoms with Gasteiger partial charge in [-0.25, -0.2) is 0 Å². The first-order valence-corrected chi connectivity index (χ1v) is 8.26. The number of Topliss-reactive ketones (excluding diaryl/α,β-unsaturated/α-hetero) is 1. The molecule has 0 amide bonds. The number of ketones is 1. The SMILES string of the molecule is COc1cccc(C(O)CC2=C3CC(C)[C@@H](O)C3CCC2=O)c1. The van der Waals surface area contributed by atoms with Crippen molar-refractivity contribution in [2.24, 2.45) is 11.8 Å². The van der Waals surface area contributed by atoms with Gasteiger partial charge in [0.2, 0.25) is 0 Å². The summed E-state index contributed by atoms with van der Waals surface area (Å²) in [4.78, 5) is 12.4. The molecule has 1 aromatic rings. The summed E-state index contributed by atoms with van der Waals surface area (Å²) < 4.78 is 5.19. The van der Waals surface area contributed by atoms with Gasteiger partial charge in [0.1, 0.15) is 5.75 Å². The molecule has 0 spiro atoms. The molecule has 2 N–H and O–H groups in total. The summed E-state index contributed by atoms with van der Waals surface area (Å²) in [6, 6.07) is 7.30. The number of carbonyl (C=O) groups excluding carboxylic acids is 1. The minimum Gasteiger partial charge on any atom is -0.497 e. The molecule has 0 bridgehead atoms. The van der Waals surface area contributed by atoms with Gasteiger partial charge in [0.15, 0.2) is 5.78 Å². The number of aliphatic hydroxyl groups excluding tert-OH is 2. The molecular weight excluding hydrogens is 292 g/mol. The molecule has 0 heterocycles. The third kappa shape index (κ3) is 3.06. The predicted octanol–water partition coefficient (Wildman–Crippen LogP) is 2.80. The second-order valence-corrected chi connectivity index (χ2v) is 6.74. The Labute approximate surface area is 136 Å². The Balaban J connectivity index is 1.86. The van der Waals surface area contributed by atoms with E-state index < -0.39 is 6.10 Å². The Bertz CT molecular complexity index is 634. The molecular formula is C19H24O4. The molecule has 0 saturated heterocycles. The number of aliphatic hydroxyl groups is 2. The van der Waals surface area contributed by atoms with Crippen LogP contribution in [0.3, 0.4) is 0 Å². The van der Waals surface area contributed by atoms with Gasteiger partial charge in [-0.2, -0.15) is 0 Å². The van der Waals surface area contributed by atoms with Gasteiger partial charge in [-0.1, -0.05) is 24.6 Å². The fraction of sp³-hybridized carbons (Fsp3) is 0.526. The smallest absolute Gasteiger partial charge is 0.158 e. The molecule has 3 unspecified atom stereocenters. The molecule has 3 rings (SSSR count). The summed E-state index contributed by atoms with van der Waals surface area (Å²) in [5.74, 6) is 1.09. The zero-order chi connectivity index (χ0) is 16.6. The van der Waals surface area contributed by atoms with Crippen molar-refractivity contribution in [2.75, 3.05) is 7.11 Å². The van der Waals surface area contributed by atoms with Crippen LogP contribution in [0, 0.1) is 11.8 Å². The van der Waals surface area contributed by atoms with Gasteiger partial charge >= 0.3 is 0 Å². The van der Waals surface area contributed by atoms with Crippen molar-refractivity contribution in [3.8, 4) is 5.75 Å². The van der Waals surface area contributed by atoms with E-state index in [1.165, 1.54) is 0 Å². The largest absolute Gasteiger partial charge is 0.497 e. The molecule has 2 aliphatic carbocycles. The zero-order valence-electron chi connectivity index (χ0n) is 13.7. The van der Waals surface area contributed by atoms with Crippen LogP contribution in [-0.2, 0) is 4.79 Å². The summed E-state index contributed by atoms with van der Waals surface area (Å²) in [5.41, 5.74) is 2.56. The average Bonchev–Trinajstić information content (AvgIpc) is 2.85. The fourth-order valence-corrected chi connectivity index (χ4v) is 3.94. The van der Waals surface area contributed by atoms with E-state index in [9.17, 15) is 15.0 Å². The minimum atomic E-state index is -0.733. The lowest BCUT2D eigenvalue weighted by atomic mass is 9.80. The number of methoxy groups -OCH3 is 1. The fourth-order valence-electron chi connectivity index (χ4n) is 3.94. The molecule has 1 fully saturated rings. The molecule has 1 aromatic carbocycles. The average molecular weight is 316 g/mol. The Morgan fingerprint density at radius 1 is 1.39 bits per heavy atom. The number of fused-ring (bicyclic) bond motifs is 1. The lowest BCUT2D eigenvalue weighted by Gasteiger charge is -2.26. The Morgan fingerprint density at radius 2 is 2.17 bits per heavy atom. The quantitative estimate of drug-likeness (QED) is 0.896. The molecule has 4 nitrogen and oxygen atoms in total. The number of hydrogen-bond acceptors (Lipinski definition) is 4. The van der Waals surface area contributed by atoms with E-state index in [1.54, 1.807) is 13.2 Å². The number of benzene rings is 1. The van der Waals surface area contributed by atoms with Crippen molar-refractivity contribution < 1.29 is 19.7 Å². The standard InChI is InChI=1S/C19H24O4/c1-11-8-15-14(19(11)22)6-7-17(20)16(15)10-18(21)12-4-3-5-13(9-12)23-2/h3-5,9,11,14,18-19,21-22H,6-8,10H2,1-2H3/t11?,14?,18?,19-/m1/s1. The lowest BCUT2D eigenvalue weighted by molar-refractivity contribution is -0.117. The molecule has 124 valence electrons. The Kier molecular flexibility index (Phi) is 4.55. The summed E-state index contributed by atoms with van der Waals surface area (Å²) in [7, 11) is 1.59. The lowest BCUT2D eigenvalue weighted by Crippen LogP contribution is -2.25. The maximum atomic E-state index is 12.4. The van der Waals surface area contributed by atoms with Crippen LogP contribution in [-0.4, -0.2) is 29.2 Å². The number of hydrogen-bond donors (Lipinski definition) is 2. The molecule has 1 saturated carbocycles. The van der Waals surface area contributed by atoms with Crippen molar-refractivity contribution in [1.82, 2.24) is 0 Å². The Morgan fingerprint density at radius 3 is 2.91 bits per heavy atom. The van der Waals surface area contributed by atoms with Crippen LogP contribution in [0.2, 0.25) is 0 Å². The monoisotopic (exact) mass is 316 g/mol. The highest BCUT2D eigenvalue weighted by Crippen LogP contribution is 2.45. The van der Waals surface area contributed by atoms with E-state index in [0.29, 0.717) is 18.6 Å². The van der Waals surface area contributed by atoms with Crippen LogP contribution in [0.5, 0.6) is 5.75 Å². The highest BCUT2D eigenvalue weighted by molar-refractivity contribution is 5.97. The van der Waals surface area contributed by atoms with E-state index in [-0.39, 0.29) is 23.7 Å². The van der Waals surface area contributed by atoms with Crippen molar-refractivity contribution in [3.63, 3.8) is 0 Å².